The summed E-state index contributed by atoms with van der Waals surface area (Å²) in [7, 11) is 0. The fraction of sp³-hybridized carbons (Fsp3) is 0.912. The van der Waals surface area contributed by atoms with Crippen LogP contribution in [0.15, 0.2) is 0 Å². The Morgan fingerprint density at radius 2 is 1.40 bits per heavy atom. The maximum Gasteiger partial charge on any atom is 0.317 e. The Balaban J connectivity index is 1.22. The molecule has 3 rings (SSSR count). The molecule has 1 N–H and O–H groups in total. The third-order valence-electron chi connectivity index (χ3n) is 10.3. The van der Waals surface area contributed by atoms with Crippen LogP contribution in [0.5, 0.6) is 0 Å². The average molecular weight is 563 g/mol. The zero-order valence-electron chi connectivity index (χ0n) is 26.3. The molecule has 2 bridgehead atoms. The minimum absolute atomic E-state index is 0.0945. The lowest BCUT2D eigenvalue weighted by atomic mass is 9.66. The zero-order chi connectivity index (χ0) is 29.5. The first-order valence-electron chi connectivity index (χ1n) is 16.5. The molecule has 1 saturated heterocycles. The zero-order valence-corrected chi connectivity index (χ0v) is 26.3. The molecule has 7 atom stereocenters. The number of unbranched alkanes of at least 4 members (excludes halogenated alkanes) is 10. The van der Waals surface area contributed by atoms with Gasteiger partial charge in [0.15, 0.2) is 0 Å². The molecule has 0 aromatic heterocycles. The minimum Gasteiger partial charge on any atom is -0.460 e. The van der Waals surface area contributed by atoms with Crippen LogP contribution in [-0.4, -0.2) is 35.2 Å². The highest BCUT2D eigenvalue weighted by Crippen LogP contribution is 2.59. The van der Waals surface area contributed by atoms with Gasteiger partial charge in [0.2, 0.25) is 0 Å². The molecular weight excluding hydrogens is 504 g/mol. The van der Waals surface area contributed by atoms with Gasteiger partial charge in [0, 0.05) is 6.61 Å². The van der Waals surface area contributed by atoms with Gasteiger partial charge in [-0.05, 0) is 89.9 Å². The number of carbonyl (C=O) groups excluding carboxylic acids is 3. The van der Waals surface area contributed by atoms with E-state index in [0.717, 1.165) is 44.9 Å². The molecule has 0 amide bonds. The predicted octanol–water partition coefficient (Wildman–Crippen LogP) is 7.64. The summed E-state index contributed by atoms with van der Waals surface area (Å²) in [6.45, 7) is 12.2. The Labute approximate surface area is 243 Å². The summed E-state index contributed by atoms with van der Waals surface area (Å²) in [6, 6.07) is 0. The maximum atomic E-state index is 12.7. The summed E-state index contributed by atoms with van der Waals surface area (Å²) in [5, 5.41) is 9.82. The standard InChI is InChI=1S/C34H58O6/c1-23-24-20-25(22-35)27(21-24)28(23)29-26(30(36)39-31(29)37)18-16-14-12-10-8-7-9-11-13-15-17-19-34(5,6)32(38)40-33(2,3)4/h23-29,35H,7-22H2,1-6H3. The normalized spacial score (nSPS) is 30.2. The fourth-order valence-electron chi connectivity index (χ4n) is 7.93. The molecule has 6 heteroatoms. The van der Waals surface area contributed by atoms with Gasteiger partial charge in [-0.2, -0.15) is 0 Å². The van der Waals surface area contributed by atoms with Crippen molar-refractivity contribution in [3.05, 3.63) is 0 Å². The molecule has 6 nitrogen and oxygen atoms in total. The van der Waals surface area contributed by atoms with E-state index in [4.69, 9.17) is 9.47 Å². The lowest BCUT2D eigenvalue weighted by Crippen LogP contribution is -2.38. The Kier molecular flexibility index (Phi) is 12.1. The summed E-state index contributed by atoms with van der Waals surface area (Å²) in [4.78, 5) is 37.6. The second kappa shape index (κ2) is 14.6. The molecule has 40 heavy (non-hydrogen) atoms. The van der Waals surface area contributed by atoms with Crippen LogP contribution in [-0.2, 0) is 23.9 Å². The molecule has 230 valence electrons. The SMILES string of the molecule is CC1C2CC(CO)C(C2)C1C1C(=O)OC(=O)C1CCCCCCCCCCCCCC(C)(C)C(=O)OC(C)(C)C. The van der Waals surface area contributed by atoms with Crippen LogP contribution in [0, 0.1) is 46.8 Å². The average Bonchev–Trinajstić information content (AvgIpc) is 3.51. The monoisotopic (exact) mass is 562 g/mol. The van der Waals surface area contributed by atoms with E-state index in [1.807, 2.05) is 34.6 Å². The van der Waals surface area contributed by atoms with Crippen molar-refractivity contribution in [1.82, 2.24) is 0 Å². The summed E-state index contributed by atoms with van der Waals surface area (Å²) in [6.07, 6.45) is 16.8. The number of aliphatic hydroxyl groups is 1. The number of fused-ring (bicyclic) bond motifs is 2. The molecule has 1 heterocycles. The van der Waals surface area contributed by atoms with Gasteiger partial charge in [0.25, 0.3) is 0 Å². The number of hydrogen-bond acceptors (Lipinski definition) is 6. The van der Waals surface area contributed by atoms with E-state index in [1.165, 1.54) is 51.4 Å². The molecule has 3 aliphatic rings. The highest BCUT2D eigenvalue weighted by atomic mass is 16.6. The molecule has 2 saturated carbocycles. The number of cyclic esters (lactones) is 2. The van der Waals surface area contributed by atoms with E-state index in [0.29, 0.717) is 17.8 Å². The molecular formula is C34H58O6. The van der Waals surface area contributed by atoms with Gasteiger partial charge in [-0.1, -0.05) is 77.6 Å². The molecule has 0 radical (unpaired) electrons. The van der Waals surface area contributed by atoms with Crippen molar-refractivity contribution in [3.8, 4) is 0 Å². The van der Waals surface area contributed by atoms with E-state index in [1.54, 1.807) is 0 Å². The van der Waals surface area contributed by atoms with Crippen molar-refractivity contribution in [1.29, 1.82) is 0 Å². The van der Waals surface area contributed by atoms with Gasteiger partial charge in [0.05, 0.1) is 17.3 Å². The molecule has 2 aliphatic carbocycles. The van der Waals surface area contributed by atoms with Gasteiger partial charge in [-0.3, -0.25) is 14.4 Å². The topological polar surface area (TPSA) is 89.9 Å². The quantitative estimate of drug-likeness (QED) is 0.111. The first kappa shape index (κ1) is 33.1. The van der Waals surface area contributed by atoms with Crippen molar-refractivity contribution in [2.45, 2.75) is 143 Å². The second-order valence-electron chi connectivity index (χ2n) is 15.0. The van der Waals surface area contributed by atoms with Crippen molar-refractivity contribution in [2.24, 2.45) is 46.8 Å². The Hall–Kier alpha value is -1.43. The Morgan fingerprint density at radius 3 is 1.93 bits per heavy atom. The van der Waals surface area contributed by atoms with Crippen molar-refractivity contribution in [3.63, 3.8) is 0 Å². The Morgan fingerprint density at radius 1 is 0.850 bits per heavy atom. The number of hydrogen-bond donors (Lipinski definition) is 1. The molecule has 0 aromatic rings. The Bertz CT molecular complexity index is 842. The van der Waals surface area contributed by atoms with E-state index in [9.17, 15) is 19.5 Å². The molecule has 1 aliphatic heterocycles. The second-order valence-corrected chi connectivity index (χ2v) is 15.0. The van der Waals surface area contributed by atoms with Crippen LogP contribution < -0.4 is 0 Å². The van der Waals surface area contributed by atoms with E-state index in [2.05, 4.69) is 6.92 Å². The number of rotatable bonds is 17. The summed E-state index contributed by atoms with van der Waals surface area (Å²) in [5.74, 6) is 0.562. The third kappa shape index (κ3) is 8.79. The molecule has 0 aromatic carbocycles. The third-order valence-corrected chi connectivity index (χ3v) is 10.3. The van der Waals surface area contributed by atoms with Crippen LogP contribution in [0.4, 0.5) is 0 Å². The number of esters is 3. The number of ether oxygens (including phenoxy) is 2. The maximum absolute atomic E-state index is 12.7. The van der Waals surface area contributed by atoms with Crippen molar-refractivity contribution >= 4 is 17.9 Å². The first-order valence-corrected chi connectivity index (χ1v) is 16.5. The first-order chi connectivity index (χ1) is 18.9. The number of aliphatic hydroxyl groups excluding tert-OH is 1. The molecule has 7 unspecified atom stereocenters. The fourth-order valence-corrected chi connectivity index (χ4v) is 7.93. The van der Waals surface area contributed by atoms with Gasteiger partial charge >= 0.3 is 17.9 Å². The molecule has 3 fully saturated rings. The lowest BCUT2D eigenvalue weighted by Gasteiger charge is -2.37. The lowest BCUT2D eigenvalue weighted by molar-refractivity contribution is -0.166. The van der Waals surface area contributed by atoms with Crippen molar-refractivity contribution in [2.75, 3.05) is 6.61 Å². The van der Waals surface area contributed by atoms with Gasteiger partial charge < -0.3 is 14.6 Å². The van der Waals surface area contributed by atoms with E-state index < -0.39 is 11.0 Å². The minimum atomic E-state index is -0.430. The smallest absolute Gasteiger partial charge is 0.317 e. The van der Waals surface area contributed by atoms with E-state index >= 15 is 0 Å². The van der Waals surface area contributed by atoms with E-state index in [-0.39, 0.29) is 48.2 Å². The van der Waals surface area contributed by atoms with Crippen LogP contribution in [0.2, 0.25) is 0 Å². The summed E-state index contributed by atoms with van der Waals surface area (Å²) < 4.78 is 10.7. The van der Waals surface area contributed by atoms with Crippen LogP contribution in [0.25, 0.3) is 0 Å². The van der Waals surface area contributed by atoms with Gasteiger partial charge in [-0.15, -0.1) is 0 Å². The van der Waals surface area contributed by atoms with Gasteiger partial charge in [-0.25, -0.2) is 0 Å². The highest BCUT2D eigenvalue weighted by molar-refractivity contribution is 5.96. The highest BCUT2D eigenvalue weighted by Gasteiger charge is 2.59. The van der Waals surface area contributed by atoms with Gasteiger partial charge in [0.1, 0.15) is 5.60 Å². The van der Waals surface area contributed by atoms with Crippen LogP contribution >= 0.6 is 0 Å². The molecule has 0 spiro atoms. The van der Waals surface area contributed by atoms with Crippen molar-refractivity contribution < 1.29 is 29.0 Å². The summed E-state index contributed by atoms with van der Waals surface area (Å²) in [5.41, 5.74) is -0.847. The largest absolute Gasteiger partial charge is 0.460 e. The number of carbonyl (C=O) groups is 3. The van der Waals surface area contributed by atoms with Crippen LogP contribution in [0.3, 0.4) is 0 Å². The van der Waals surface area contributed by atoms with Crippen LogP contribution in [0.1, 0.15) is 138 Å². The summed E-state index contributed by atoms with van der Waals surface area (Å²) >= 11 is 0. The predicted molar refractivity (Wildman–Crippen MR) is 157 cm³/mol.